The van der Waals surface area contributed by atoms with Gasteiger partial charge in [0.05, 0.1) is 13.0 Å². The zero-order valence-electron chi connectivity index (χ0n) is 20.3. The second-order valence-corrected chi connectivity index (χ2v) is 9.86. The first-order valence-electron chi connectivity index (χ1n) is 12.3. The van der Waals surface area contributed by atoms with Crippen molar-refractivity contribution in [2.24, 2.45) is 0 Å². The van der Waals surface area contributed by atoms with Crippen LogP contribution in [-0.2, 0) is 0 Å². The van der Waals surface area contributed by atoms with Crippen LogP contribution in [0.25, 0.3) is 11.1 Å². The van der Waals surface area contributed by atoms with Crippen LogP contribution >= 0.6 is 0 Å². The molecule has 2 aliphatic rings. The number of fused-ring (bicyclic) bond motifs is 1. The van der Waals surface area contributed by atoms with Gasteiger partial charge in [0, 0.05) is 50.7 Å². The van der Waals surface area contributed by atoms with Gasteiger partial charge >= 0.3 is 6.18 Å². The lowest BCUT2D eigenvalue weighted by Gasteiger charge is -2.57. The van der Waals surface area contributed by atoms with Gasteiger partial charge in [0.2, 0.25) is 0 Å². The first kappa shape index (κ1) is 25.7. The molecule has 5 nitrogen and oxygen atoms in total. The minimum atomic E-state index is -4.15. The minimum Gasteiger partial charge on any atom is -0.395 e. The topological polar surface area (TPSA) is 47.0 Å². The van der Waals surface area contributed by atoms with Gasteiger partial charge in [0.15, 0.2) is 0 Å². The summed E-state index contributed by atoms with van der Waals surface area (Å²) in [5, 5.41) is 10.1. The van der Waals surface area contributed by atoms with Gasteiger partial charge in [-0.05, 0) is 54.8 Å². The van der Waals surface area contributed by atoms with Crippen molar-refractivity contribution in [3.05, 3.63) is 59.7 Å². The highest BCUT2D eigenvalue weighted by atomic mass is 19.4. The number of aliphatic hydroxyl groups excluding tert-OH is 1. The number of halogens is 3. The molecule has 3 atom stereocenters. The van der Waals surface area contributed by atoms with Crippen LogP contribution in [0.1, 0.15) is 41.1 Å². The molecule has 2 aromatic carbocycles. The third kappa shape index (κ3) is 5.88. The van der Waals surface area contributed by atoms with Gasteiger partial charge in [-0.15, -0.1) is 0 Å². The molecule has 0 unspecified atom stereocenters. The SMILES string of the molecule is CN(C)C(=O)c1cccc(-c2ccc([C@@H]3[C@H](CO)N4CCCCN(CCC(F)(F)F)C[C@@H]34)cc2)c1. The predicted molar refractivity (Wildman–Crippen MR) is 130 cm³/mol. The third-order valence-corrected chi connectivity index (χ3v) is 7.31. The molecule has 2 aliphatic heterocycles. The molecule has 2 fully saturated rings. The van der Waals surface area contributed by atoms with Crippen LogP contribution in [0.2, 0.25) is 0 Å². The number of nitrogens with zero attached hydrogens (tertiary/aromatic N) is 3. The van der Waals surface area contributed by atoms with Crippen molar-refractivity contribution in [3.8, 4) is 11.1 Å². The summed E-state index contributed by atoms with van der Waals surface area (Å²) < 4.78 is 38.5. The summed E-state index contributed by atoms with van der Waals surface area (Å²) >= 11 is 0. The number of benzene rings is 2. The molecule has 1 N–H and O–H groups in total. The average molecular weight is 490 g/mol. The molecule has 35 heavy (non-hydrogen) atoms. The Bertz CT molecular complexity index is 1010. The Balaban J connectivity index is 1.52. The molecule has 0 radical (unpaired) electrons. The number of alkyl halides is 3. The normalized spacial score (nSPS) is 23.7. The molecule has 2 saturated heterocycles. The lowest BCUT2D eigenvalue weighted by Crippen LogP contribution is -2.67. The molecule has 2 aromatic rings. The number of hydrogen-bond acceptors (Lipinski definition) is 4. The van der Waals surface area contributed by atoms with Gasteiger partial charge in [-0.25, -0.2) is 0 Å². The number of carbonyl (C=O) groups excluding carboxylic acids is 1. The fraction of sp³-hybridized carbons (Fsp3) is 0.519. The maximum absolute atomic E-state index is 12.8. The van der Waals surface area contributed by atoms with Crippen LogP contribution in [-0.4, -0.2) is 90.9 Å². The number of carbonyl (C=O) groups is 1. The smallest absolute Gasteiger partial charge is 0.390 e. The summed E-state index contributed by atoms with van der Waals surface area (Å²) in [5.41, 5.74) is 3.65. The van der Waals surface area contributed by atoms with Crippen molar-refractivity contribution in [3.63, 3.8) is 0 Å². The van der Waals surface area contributed by atoms with E-state index >= 15 is 0 Å². The molecule has 1 amide bonds. The van der Waals surface area contributed by atoms with Crippen molar-refractivity contribution in [1.82, 2.24) is 14.7 Å². The van der Waals surface area contributed by atoms with Crippen LogP contribution in [0.5, 0.6) is 0 Å². The summed E-state index contributed by atoms with van der Waals surface area (Å²) in [4.78, 5) is 18.1. The molecule has 8 heteroatoms. The molecule has 0 aromatic heterocycles. The Kier molecular flexibility index (Phi) is 7.83. The highest BCUT2D eigenvalue weighted by molar-refractivity contribution is 5.95. The van der Waals surface area contributed by atoms with E-state index in [1.54, 1.807) is 25.1 Å². The fourth-order valence-corrected chi connectivity index (χ4v) is 5.49. The molecular formula is C27H34F3N3O2. The van der Waals surface area contributed by atoms with Crippen LogP contribution in [0, 0.1) is 0 Å². The van der Waals surface area contributed by atoms with Gasteiger partial charge in [-0.1, -0.05) is 36.4 Å². The maximum Gasteiger partial charge on any atom is 0.390 e. The summed E-state index contributed by atoms with van der Waals surface area (Å²) in [6, 6.07) is 15.7. The summed E-state index contributed by atoms with van der Waals surface area (Å²) in [6.07, 6.45) is -3.16. The average Bonchev–Trinajstić information content (AvgIpc) is 2.81. The quantitative estimate of drug-likeness (QED) is 0.660. The third-order valence-electron chi connectivity index (χ3n) is 7.31. The Morgan fingerprint density at radius 2 is 1.77 bits per heavy atom. The largest absolute Gasteiger partial charge is 0.395 e. The van der Waals surface area contributed by atoms with E-state index in [9.17, 15) is 23.1 Å². The molecule has 0 aliphatic carbocycles. The fourth-order valence-electron chi connectivity index (χ4n) is 5.49. The van der Waals surface area contributed by atoms with Crippen molar-refractivity contribution < 1.29 is 23.1 Å². The van der Waals surface area contributed by atoms with Crippen molar-refractivity contribution in [2.45, 2.75) is 43.4 Å². The van der Waals surface area contributed by atoms with E-state index in [4.69, 9.17) is 0 Å². The molecule has 0 bridgehead atoms. The van der Waals surface area contributed by atoms with Crippen LogP contribution < -0.4 is 0 Å². The zero-order valence-corrected chi connectivity index (χ0v) is 20.3. The minimum absolute atomic E-state index is 0.0190. The number of amides is 1. The monoisotopic (exact) mass is 489 g/mol. The molecule has 190 valence electrons. The van der Waals surface area contributed by atoms with E-state index in [2.05, 4.69) is 17.0 Å². The highest BCUT2D eigenvalue weighted by Crippen LogP contribution is 2.42. The van der Waals surface area contributed by atoms with Gasteiger partial charge in [-0.3, -0.25) is 9.69 Å². The lowest BCUT2D eigenvalue weighted by molar-refractivity contribution is -0.140. The molecule has 0 saturated carbocycles. The summed E-state index contributed by atoms with van der Waals surface area (Å²) in [5.74, 6) is 0.0189. The van der Waals surface area contributed by atoms with Crippen LogP contribution in [0.3, 0.4) is 0 Å². The summed E-state index contributed by atoms with van der Waals surface area (Å²) in [6.45, 7) is 2.17. The second kappa shape index (κ2) is 10.7. The van der Waals surface area contributed by atoms with Crippen LogP contribution in [0.15, 0.2) is 48.5 Å². The van der Waals surface area contributed by atoms with E-state index < -0.39 is 12.6 Å². The van der Waals surface area contributed by atoms with E-state index in [1.165, 1.54) is 0 Å². The Hall–Kier alpha value is -2.42. The van der Waals surface area contributed by atoms with Crippen molar-refractivity contribution in [1.29, 1.82) is 0 Å². The summed E-state index contributed by atoms with van der Waals surface area (Å²) in [7, 11) is 3.45. The first-order valence-corrected chi connectivity index (χ1v) is 12.3. The predicted octanol–water partition coefficient (Wildman–Crippen LogP) is 4.23. The van der Waals surface area contributed by atoms with Gasteiger partial charge < -0.3 is 14.9 Å². The van der Waals surface area contributed by atoms with Gasteiger partial charge in [0.25, 0.3) is 5.91 Å². The second-order valence-electron chi connectivity index (χ2n) is 9.86. The van der Waals surface area contributed by atoms with E-state index in [1.807, 2.05) is 35.2 Å². The number of hydrogen-bond donors (Lipinski definition) is 1. The van der Waals surface area contributed by atoms with Gasteiger partial charge in [0.1, 0.15) is 0 Å². The molecule has 2 heterocycles. The van der Waals surface area contributed by atoms with E-state index in [-0.39, 0.29) is 37.1 Å². The van der Waals surface area contributed by atoms with E-state index in [0.29, 0.717) is 18.7 Å². The Morgan fingerprint density at radius 3 is 2.43 bits per heavy atom. The van der Waals surface area contributed by atoms with Crippen LogP contribution in [0.4, 0.5) is 13.2 Å². The molecule has 0 spiro atoms. The lowest BCUT2D eigenvalue weighted by atomic mass is 9.74. The first-order chi connectivity index (χ1) is 16.7. The Morgan fingerprint density at radius 1 is 1.06 bits per heavy atom. The molecule has 4 rings (SSSR count). The van der Waals surface area contributed by atoms with Crippen molar-refractivity contribution >= 4 is 5.91 Å². The van der Waals surface area contributed by atoms with Crippen molar-refractivity contribution in [2.75, 3.05) is 46.9 Å². The highest BCUT2D eigenvalue weighted by Gasteiger charge is 2.49. The standard InChI is InChI=1S/C27H34F3N3O2/c1-31(2)26(35)22-7-5-6-21(16-22)19-8-10-20(11-9-19)25-23-17-32(15-12-27(28,29)30)13-3-4-14-33(23)24(25)18-34/h5-11,16,23-25,34H,3-4,12-15,17-18H2,1-2H3/t23-,24-,25-/m0/s1. The zero-order chi connectivity index (χ0) is 25.2. The number of aliphatic hydroxyl groups is 1. The number of rotatable bonds is 6. The Labute approximate surface area is 205 Å². The van der Waals surface area contributed by atoms with Gasteiger partial charge in [-0.2, -0.15) is 13.2 Å². The maximum atomic E-state index is 12.8. The van der Waals surface area contributed by atoms with E-state index in [0.717, 1.165) is 36.1 Å². The molecular weight excluding hydrogens is 455 g/mol.